The Morgan fingerprint density at radius 2 is 2.06 bits per heavy atom. The van der Waals surface area contributed by atoms with Crippen LogP contribution in [0.2, 0.25) is 0 Å². The standard InChI is InChI=1S/C23H26N4O3S2/c1-4-29-13-6-12-27-15(2)19(22-25-21(26-30-22)18-7-5-14-32-18)20(24-23(27)31)16-8-10-17(28-3)11-9-16/h5,7-11,14,20H,4,6,12-13H2,1-3H3,(H,24,31). The number of hydrogen-bond donors (Lipinski definition) is 1. The van der Waals surface area contributed by atoms with Crippen LogP contribution in [0.15, 0.2) is 52.0 Å². The number of ether oxygens (including phenoxy) is 2. The largest absolute Gasteiger partial charge is 0.497 e. The SMILES string of the molecule is CCOCCCN1C(=S)NC(c2ccc(OC)cc2)C(c2nc(-c3cccs3)no2)=C1C. The van der Waals surface area contributed by atoms with Gasteiger partial charge >= 0.3 is 0 Å². The molecular weight excluding hydrogens is 444 g/mol. The molecule has 1 N–H and O–H groups in total. The number of nitrogens with one attached hydrogen (secondary N) is 1. The Bertz CT molecular complexity index is 1080. The van der Waals surface area contributed by atoms with E-state index >= 15 is 0 Å². The van der Waals surface area contributed by atoms with Crippen LogP contribution in [0.1, 0.15) is 37.8 Å². The molecule has 0 bridgehead atoms. The summed E-state index contributed by atoms with van der Waals surface area (Å²) in [5, 5.41) is 10.4. The van der Waals surface area contributed by atoms with Crippen LogP contribution in [0.4, 0.5) is 0 Å². The van der Waals surface area contributed by atoms with Crippen LogP contribution in [0.25, 0.3) is 16.3 Å². The van der Waals surface area contributed by atoms with Gasteiger partial charge in [-0.15, -0.1) is 11.3 Å². The van der Waals surface area contributed by atoms with Crippen molar-refractivity contribution in [3.63, 3.8) is 0 Å². The Morgan fingerprint density at radius 3 is 2.75 bits per heavy atom. The highest BCUT2D eigenvalue weighted by Gasteiger charge is 2.34. The lowest BCUT2D eigenvalue weighted by atomic mass is 9.94. The number of nitrogens with zero attached hydrogens (tertiary/aromatic N) is 3. The summed E-state index contributed by atoms with van der Waals surface area (Å²) in [7, 11) is 1.66. The van der Waals surface area contributed by atoms with Crippen molar-refractivity contribution >= 4 is 34.2 Å². The zero-order chi connectivity index (χ0) is 22.5. The van der Waals surface area contributed by atoms with E-state index in [1.807, 2.05) is 48.7 Å². The number of methoxy groups -OCH3 is 1. The lowest BCUT2D eigenvalue weighted by Crippen LogP contribution is -2.46. The van der Waals surface area contributed by atoms with Gasteiger partial charge in [0.25, 0.3) is 5.89 Å². The number of thiophene rings is 1. The van der Waals surface area contributed by atoms with Gasteiger partial charge in [0.15, 0.2) is 5.11 Å². The van der Waals surface area contributed by atoms with Gasteiger partial charge in [-0.3, -0.25) is 0 Å². The molecule has 0 saturated heterocycles. The number of aromatic nitrogens is 2. The smallest absolute Gasteiger partial charge is 0.258 e. The van der Waals surface area contributed by atoms with Crippen molar-refractivity contribution in [2.24, 2.45) is 0 Å². The van der Waals surface area contributed by atoms with E-state index in [1.165, 1.54) is 0 Å². The lowest BCUT2D eigenvalue weighted by molar-refractivity contribution is 0.141. The first kappa shape index (κ1) is 22.4. The fourth-order valence-corrected chi connectivity index (χ4v) is 4.68. The molecule has 0 amide bonds. The molecule has 0 radical (unpaired) electrons. The summed E-state index contributed by atoms with van der Waals surface area (Å²) in [5.41, 5.74) is 2.94. The number of rotatable bonds is 9. The van der Waals surface area contributed by atoms with E-state index in [4.69, 9.17) is 31.2 Å². The Labute approximate surface area is 197 Å². The summed E-state index contributed by atoms with van der Waals surface area (Å²) in [4.78, 5) is 7.77. The molecule has 4 rings (SSSR count). The number of allylic oxidation sites excluding steroid dienone is 1. The minimum Gasteiger partial charge on any atom is -0.497 e. The summed E-state index contributed by atoms with van der Waals surface area (Å²) < 4.78 is 16.6. The molecule has 1 atom stereocenters. The quantitative estimate of drug-likeness (QED) is 0.350. The predicted molar refractivity (Wildman–Crippen MR) is 129 cm³/mol. The van der Waals surface area contributed by atoms with Crippen molar-refractivity contribution in [1.29, 1.82) is 0 Å². The molecule has 1 aliphatic rings. The maximum absolute atomic E-state index is 5.75. The van der Waals surface area contributed by atoms with Crippen LogP contribution in [0, 0.1) is 0 Å². The van der Waals surface area contributed by atoms with Gasteiger partial charge in [0.05, 0.1) is 23.6 Å². The molecule has 2 aromatic heterocycles. The molecule has 0 spiro atoms. The maximum atomic E-state index is 5.75. The predicted octanol–water partition coefficient (Wildman–Crippen LogP) is 4.90. The zero-order valence-corrected chi connectivity index (χ0v) is 20.0. The normalized spacial score (nSPS) is 16.4. The van der Waals surface area contributed by atoms with Crippen LogP contribution in [0.3, 0.4) is 0 Å². The molecule has 1 unspecified atom stereocenters. The Balaban J connectivity index is 1.72. The van der Waals surface area contributed by atoms with E-state index in [2.05, 4.69) is 22.3 Å². The molecule has 3 aromatic rings. The molecule has 9 heteroatoms. The first-order chi connectivity index (χ1) is 15.6. The van der Waals surface area contributed by atoms with Gasteiger partial charge in [0.2, 0.25) is 5.82 Å². The molecule has 1 aromatic carbocycles. The third-order valence-electron chi connectivity index (χ3n) is 5.32. The molecular formula is C23H26N4O3S2. The minimum atomic E-state index is -0.215. The van der Waals surface area contributed by atoms with Gasteiger partial charge in [-0.05, 0) is 61.6 Å². The van der Waals surface area contributed by atoms with Crippen LogP contribution in [-0.4, -0.2) is 47.0 Å². The molecule has 0 fully saturated rings. The van der Waals surface area contributed by atoms with E-state index in [9.17, 15) is 0 Å². The monoisotopic (exact) mass is 470 g/mol. The van der Waals surface area contributed by atoms with Crippen molar-refractivity contribution < 1.29 is 14.0 Å². The molecule has 168 valence electrons. The van der Waals surface area contributed by atoms with Crippen molar-refractivity contribution in [2.75, 3.05) is 26.9 Å². The second-order valence-corrected chi connectivity index (χ2v) is 8.59. The van der Waals surface area contributed by atoms with Crippen molar-refractivity contribution in [1.82, 2.24) is 20.4 Å². The highest BCUT2D eigenvalue weighted by Crippen LogP contribution is 2.38. The van der Waals surface area contributed by atoms with Gasteiger partial charge in [0, 0.05) is 25.5 Å². The molecule has 7 nitrogen and oxygen atoms in total. The average Bonchev–Trinajstić information content (AvgIpc) is 3.50. The Morgan fingerprint density at radius 1 is 1.25 bits per heavy atom. The van der Waals surface area contributed by atoms with Crippen molar-refractivity contribution in [3.05, 3.63) is 58.9 Å². The van der Waals surface area contributed by atoms with Gasteiger partial charge in [-0.2, -0.15) is 4.98 Å². The lowest BCUT2D eigenvalue weighted by Gasteiger charge is -2.37. The minimum absolute atomic E-state index is 0.215. The topological polar surface area (TPSA) is 72.7 Å². The number of hydrogen-bond acceptors (Lipinski definition) is 7. The highest BCUT2D eigenvalue weighted by molar-refractivity contribution is 7.80. The molecule has 1 aliphatic heterocycles. The first-order valence-electron chi connectivity index (χ1n) is 10.5. The van der Waals surface area contributed by atoms with E-state index in [0.29, 0.717) is 30.0 Å². The average molecular weight is 471 g/mol. The summed E-state index contributed by atoms with van der Waals surface area (Å²) in [6.45, 7) is 6.17. The van der Waals surface area contributed by atoms with Gasteiger partial charge in [-0.25, -0.2) is 0 Å². The second kappa shape index (κ2) is 10.2. The summed E-state index contributed by atoms with van der Waals surface area (Å²) in [6, 6.07) is 11.7. The Hall–Kier alpha value is -2.75. The van der Waals surface area contributed by atoms with E-state index in [-0.39, 0.29) is 6.04 Å². The van der Waals surface area contributed by atoms with E-state index in [0.717, 1.165) is 40.4 Å². The molecule has 32 heavy (non-hydrogen) atoms. The third kappa shape index (κ3) is 4.69. The van der Waals surface area contributed by atoms with E-state index < -0.39 is 0 Å². The van der Waals surface area contributed by atoms with Gasteiger partial charge < -0.3 is 24.2 Å². The van der Waals surface area contributed by atoms with Crippen LogP contribution in [-0.2, 0) is 4.74 Å². The summed E-state index contributed by atoms with van der Waals surface area (Å²) in [5.74, 6) is 1.86. The molecule has 0 aliphatic carbocycles. The zero-order valence-electron chi connectivity index (χ0n) is 18.3. The fraction of sp³-hybridized carbons (Fsp3) is 0.348. The van der Waals surface area contributed by atoms with Crippen molar-refractivity contribution in [2.45, 2.75) is 26.3 Å². The van der Waals surface area contributed by atoms with Crippen LogP contribution in [0.5, 0.6) is 5.75 Å². The molecule has 3 heterocycles. The summed E-state index contributed by atoms with van der Waals surface area (Å²) in [6.07, 6.45) is 0.859. The molecule has 0 saturated carbocycles. The van der Waals surface area contributed by atoms with Crippen LogP contribution < -0.4 is 10.1 Å². The Kier molecular flexibility index (Phi) is 7.19. The third-order valence-corrected chi connectivity index (χ3v) is 6.52. The maximum Gasteiger partial charge on any atom is 0.258 e. The number of benzene rings is 1. The first-order valence-corrected chi connectivity index (χ1v) is 11.8. The number of thiocarbonyl (C=S) groups is 1. The fourth-order valence-electron chi connectivity index (χ4n) is 3.68. The van der Waals surface area contributed by atoms with E-state index in [1.54, 1.807) is 18.4 Å². The highest BCUT2D eigenvalue weighted by atomic mass is 32.1. The summed E-state index contributed by atoms with van der Waals surface area (Å²) >= 11 is 7.31. The van der Waals surface area contributed by atoms with Crippen LogP contribution >= 0.6 is 23.6 Å². The second-order valence-electron chi connectivity index (χ2n) is 7.26. The van der Waals surface area contributed by atoms with Gasteiger partial charge in [-0.1, -0.05) is 23.4 Å². The van der Waals surface area contributed by atoms with Crippen molar-refractivity contribution in [3.8, 4) is 16.5 Å². The van der Waals surface area contributed by atoms with Gasteiger partial charge in [0.1, 0.15) is 5.75 Å².